The van der Waals surface area contributed by atoms with E-state index in [0.717, 1.165) is 5.57 Å². The fraction of sp³-hybridized carbons (Fsp3) is 0.118. The van der Waals surface area contributed by atoms with Crippen molar-refractivity contribution in [1.29, 1.82) is 0 Å². The molecular formula is C17H15Cl2NO2. The van der Waals surface area contributed by atoms with Crippen LogP contribution in [0.1, 0.15) is 19.4 Å². The Balaban J connectivity index is 2.60. The van der Waals surface area contributed by atoms with E-state index in [1.165, 1.54) is 11.8 Å². The molecule has 1 aromatic rings. The van der Waals surface area contributed by atoms with E-state index in [1.54, 1.807) is 30.5 Å². The van der Waals surface area contributed by atoms with E-state index in [4.69, 9.17) is 23.2 Å². The first-order chi connectivity index (χ1) is 10.3. The number of aliphatic hydroxyl groups is 1. The standard InChI is InChI=1S/C17H15Cl2NO2/c1-10-5-4-6-20(11(10)2)17(22)16(12(3)21)13-7-14(18)9-15(19)8-13/h4-9,22H,2H2,1,3H3/b17-16-. The highest BCUT2D eigenvalue weighted by atomic mass is 35.5. The highest BCUT2D eigenvalue weighted by molar-refractivity contribution is 6.35. The van der Waals surface area contributed by atoms with Gasteiger partial charge in [0.05, 0.1) is 5.57 Å². The minimum atomic E-state index is -0.302. The van der Waals surface area contributed by atoms with Crippen molar-refractivity contribution < 1.29 is 9.90 Å². The molecule has 1 N–H and O–H groups in total. The van der Waals surface area contributed by atoms with Crippen LogP contribution in [0.5, 0.6) is 0 Å². The summed E-state index contributed by atoms with van der Waals surface area (Å²) in [5.74, 6) is -0.510. The van der Waals surface area contributed by atoms with Crippen molar-refractivity contribution >= 4 is 34.6 Å². The van der Waals surface area contributed by atoms with Crippen molar-refractivity contribution in [2.24, 2.45) is 0 Å². The van der Waals surface area contributed by atoms with E-state index in [9.17, 15) is 9.90 Å². The lowest BCUT2D eigenvalue weighted by atomic mass is 10.0. The van der Waals surface area contributed by atoms with Crippen molar-refractivity contribution in [3.05, 3.63) is 75.9 Å². The molecule has 3 nitrogen and oxygen atoms in total. The second kappa shape index (κ2) is 6.42. The molecule has 0 unspecified atom stereocenters. The van der Waals surface area contributed by atoms with Crippen LogP contribution in [-0.4, -0.2) is 15.8 Å². The normalized spacial score (nSPS) is 15.5. The molecule has 2 rings (SSSR count). The molecule has 0 spiro atoms. The summed E-state index contributed by atoms with van der Waals surface area (Å²) >= 11 is 12.0. The zero-order chi connectivity index (χ0) is 16.4. The molecule has 0 saturated carbocycles. The summed E-state index contributed by atoms with van der Waals surface area (Å²) in [7, 11) is 0. The summed E-state index contributed by atoms with van der Waals surface area (Å²) in [6, 6.07) is 4.73. The van der Waals surface area contributed by atoms with Gasteiger partial charge >= 0.3 is 0 Å². The van der Waals surface area contributed by atoms with Crippen molar-refractivity contribution in [1.82, 2.24) is 4.90 Å². The molecule has 5 heteroatoms. The van der Waals surface area contributed by atoms with Crippen LogP contribution in [0.2, 0.25) is 10.0 Å². The van der Waals surface area contributed by atoms with Gasteiger partial charge in [-0.15, -0.1) is 0 Å². The van der Waals surface area contributed by atoms with E-state index >= 15 is 0 Å². The monoisotopic (exact) mass is 335 g/mol. The number of ketones is 1. The van der Waals surface area contributed by atoms with Crippen LogP contribution < -0.4 is 0 Å². The molecule has 1 aliphatic rings. The third-order valence-corrected chi connectivity index (χ3v) is 3.72. The maximum Gasteiger partial charge on any atom is 0.207 e. The number of carbonyl (C=O) groups excluding carboxylic acids is 1. The first kappa shape index (κ1) is 16.4. The lowest BCUT2D eigenvalue weighted by Gasteiger charge is -2.26. The number of hydrogen-bond acceptors (Lipinski definition) is 3. The number of carbonyl (C=O) groups is 1. The number of allylic oxidation sites excluding steroid dienone is 4. The molecule has 114 valence electrons. The van der Waals surface area contributed by atoms with Crippen LogP contribution in [0.3, 0.4) is 0 Å². The molecule has 1 aromatic carbocycles. The second-order valence-corrected chi connectivity index (χ2v) is 5.79. The second-order valence-electron chi connectivity index (χ2n) is 4.92. The summed E-state index contributed by atoms with van der Waals surface area (Å²) in [6.45, 7) is 7.16. The molecule has 0 bridgehead atoms. The van der Waals surface area contributed by atoms with Crippen LogP contribution >= 0.6 is 23.2 Å². The summed E-state index contributed by atoms with van der Waals surface area (Å²) in [5.41, 5.74) is 2.06. The number of hydrogen-bond donors (Lipinski definition) is 1. The van der Waals surface area contributed by atoms with Crippen LogP contribution in [0.25, 0.3) is 5.57 Å². The quantitative estimate of drug-likeness (QED) is 0.617. The fourth-order valence-electron chi connectivity index (χ4n) is 2.16. The molecule has 22 heavy (non-hydrogen) atoms. The molecule has 0 radical (unpaired) electrons. The fourth-order valence-corrected chi connectivity index (χ4v) is 2.68. The summed E-state index contributed by atoms with van der Waals surface area (Å²) < 4.78 is 0. The van der Waals surface area contributed by atoms with Crippen LogP contribution in [0.15, 0.2) is 60.3 Å². The molecule has 0 atom stereocenters. The van der Waals surface area contributed by atoms with Gasteiger partial charge in [0, 0.05) is 21.9 Å². The Hall–Kier alpha value is -1.97. The van der Waals surface area contributed by atoms with Crippen LogP contribution in [0, 0.1) is 0 Å². The molecular weight excluding hydrogens is 321 g/mol. The molecule has 0 saturated heterocycles. The Labute approximate surface area is 139 Å². The van der Waals surface area contributed by atoms with E-state index in [-0.39, 0.29) is 17.2 Å². The van der Waals surface area contributed by atoms with Gasteiger partial charge in [-0.05, 0) is 49.3 Å². The Morgan fingerprint density at radius 1 is 1.23 bits per heavy atom. The molecule has 1 aliphatic heterocycles. The molecule has 1 heterocycles. The maximum absolute atomic E-state index is 12.0. The first-order valence-corrected chi connectivity index (χ1v) is 7.31. The molecule has 0 amide bonds. The Morgan fingerprint density at radius 3 is 2.36 bits per heavy atom. The minimum absolute atomic E-state index is 0.130. The Bertz CT molecular complexity index is 725. The van der Waals surface area contributed by atoms with Gasteiger partial charge < -0.3 is 5.11 Å². The van der Waals surface area contributed by atoms with Gasteiger partial charge in [0.2, 0.25) is 5.88 Å². The van der Waals surface area contributed by atoms with Gasteiger partial charge in [0.15, 0.2) is 5.78 Å². The van der Waals surface area contributed by atoms with E-state index in [2.05, 4.69) is 6.58 Å². The molecule has 0 aromatic heterocycles. The Kier molecular flexibility index (Phi) is 4.79. The topological polar surface area (TPSA) is 40.5 Å². The van der Waals surface area contributed by atoms with E-state index in [1.807, 2.05) is 13.0 Å². The van der Waals surface area contributed by atoms with Gasteiger partial charge in [-0.3, -0.25) is 9.69 Å². The van der Waals surface area contributed by atoms with E-state index < -0.39 is 0 Å². The maximum atomic E-state index is 12.0. The smallest absolute Gasteiger partial charge is 0.207 e. The summed E-state index contributed by atoms with van der Waals surface area (Å²) in [5, 5.41) is 11.4. The van der Waals surface area contributed by atoms with Crippen LogP contribution in [-0.2, 0) is 4.79 Å². The van der Waals surface area contributed by atoms with E-state index in [0.29, 0.717) is 21.3 Å². The number of benzene rings is 1. The average Bonchev–Trinajstić information content (AvgIpc) is 2.40. The zero-order valence-electron chi connectivity index (χ0n) is 12.2. The summed E-state index contributed by atoms with van der Waals surface area (Å²) in [6.07, 6.45) is 5.28. The highest BCUT2D eigenvalue weighted by Gasteiger charge is 2.22. The lowest BCUT2D eigenvalue weighted by Crippen LogP contribution is -2.21. The van der Waals surface area contributed by atoms with Gasteiger partial charge in [-0.25, -0.2) is 0 Å². The number of halogens is 2. The first-order valence-electron chi connectivity index (χ1n) is 6.55. The van der Waals surface area contributed by atoms with Crippen molar-refractivity contribution in [3.8, 4) is 0 Å². The predicted molar refractivity (Wildman–Crippen MR) is 90.6 cm³/mol. The number of aliphatic hydroxyl groups excluding tert-OH is 1. The van der Waals surface area contributed by atoms with Crippen molar-refractivity contribution in [2.75, 3.05) is 0 Å². The third kappa shape index (κ3) is 3.26. The highest BCUT2D eigenvalue weighted by Crippen LogP contribution is 2.30. The zero-order valence-corrected chi connectivity index (χ0v) is 13.7. The largest absolute Gasteiger partial charge is 0.494 e. The van der Waals surface area contributed by atoms with Gasteiger partial charge in [-0.1, -0.05) is 35.9 Å². The summed E-state index contributed by atoms with van der Waals surface area (Å²) in [4.78, 5) is 13.5. The van der Waals surface area contributed by atoms with Crippen molar-refractivity contribution in [2.45, 2.75) is 13.8 Å². The average molecular weight is 336 g/mol. The molecule has 0 fully saturated rings. The lowest BCUT2D eigenvalue weighted by molar-refractivity contribution is -0.112. The number of Topliss-reactive ketones (excluding diaryl/α,β-unsaturated/α-hetero) is 1. The molecule has 0 aliphatic carbocycles. The Morgan fingerprint density at radius 2 is 1.82 bits per heavy atom. The van der Waals surface area contributed by atoms with Crippen molar-refractivity contribution in [3.63, 3.8) is 0 Å². The minimum Gasteiger partial charge on any atom is -0.494 e. The van der Waals surface area contributed by atoms with Crippen LogP contribution in [0.4, 0.5) is 0 Å². The van der Waals surface area contributed by atoms with Gasteiger partial charge in [0.25, 0.3) is 0 Å². The van der Waals surface area contributed by atoms with Gasteiger partial charge in [-0.2, -0.15) is 0 Å². The third-order valence-electron chi connectivity index (χ3n) is 3.28. The number of rotatable bonds is 3. The predicted octanol–water partition coefficient (Wildman–Crippen LogP) is 5.10. The SMILES string of the molecule is C=C1C(C)=CC=CN1/C(O)=C(\C(C)=O)c1cc(Cl)cc(Cl)c1. The van der Waals surface area contributed by atoms with Gasteiger partial charge in [0.1, 0.15) is 0 Å². The number of nitrogens with zero attached hydrogens (tertiary/aromatic N) is 1.